The number of carbonyl (C=O) groups excluding carboxylic acids is 2. The molecule has 8 heteroatoms. The molecule has 0 N–H and O–H groups in total. The van der Waals surface area contributed by atoms with E-state index >= 15 is 0 Å². The first kappa shape index (κ1) is 19.4. The molecule has 1 heterocycles. The molecule has 0 spiro atoms. The summed E-state index contributed by atoms with van der Waals surface area (Å²) >= 11 is 1.04. The third-order valence-corrected chi connectivity index (χ3v) is 5.22. The van der Waals surface area contributed by atoms with E-state index < -0.39 is 17.2 Å². The quantitative estimate of drug-likeness (QED) is 0.389. The van der Waals surface area contributed by atoms with Crippen LogP contribution in [-0.2, 0) is 19.1 Å². The second-order valence-corrected chi connectivity index (χ2v) is 7.35. The lowest BCUT2D eigenvalue weighted by Crippen LogP contribution is -2.31. The maximum atomic E-state index is 12.3. The lowest BCUT2D eigenvalue weighted by molar-refractivity contribution is -0.152. The van der Waals surface area contributed by atoms with Gasteiger partial charge in [0.25, 0.3) is 0 Å². The minimum atomic E-state index is -1.11. The van der Waals surface area contributed by atoms with Crippen LogP contribution in [0.15, 0.2) is 29.4 Å². The van der Waals surface area contributed by atoms with Crippen LogP contribution in [0.5, 0.6) is 0 Å². The third kappa shape index (κ3) is 4.50. The molecule has 144 valence electrons. The van der Waals surface area contributed by atoms with Crippen LogP contribution in [-0.4, -0.2) is 45.2 Å². The monoisotopic (exact) mass is 389 g/mol. The Morgan fingerprint density at radius 2 is 1.70 bits per heavy atom. The van der Waals surface area contributed by atoms with Crippen LogP contribution in [0, 0.1) is 6.92 Å². The highest BCUT2D eigenvalue weighted by Crippen LogP contribution is 2.42. The van der Waals surface area contributed by atoms with Crippen LogP contribution < -0.4 is 0 Å². The number of ether oxygens (including phenoxy) is 2. The van der Waals surface area contributed by atoms with Crippen LogP contribution in [0.3, 0.4) is 0 Å². The summed E-state index contributed by atoms with van der Waals surface area (Å²) in [6.45, 7) is 5.82. The van der Waals surface area contributed by atoms with Gasteiger partial charge in [0, 0.05) is 11.6 Å². The summed E-state index contributed by atoms with van der Waals surface area (Å²) < 4.78 is 12.1. The number of hydrogen-bond acceptors (Lipinski definition) is 7. The number of hydrogen-bond donors (Lipinski definition) is 0. The molecule has 27 heavy (non-hydrogen) atoms. The lowest BCUT2D eigenvalue weighted by Gasteiger charge is -2.15. The first-order chi connectivity index (χ1) is 13.0. The van der Waals surface area contributed by atoms with E-state index in [4.69, 9.17) is 9.47 Å². The molecule has 1 aliphatic rings. The van der Waals surface area contributed by atoms with E-state index in [1.54, 1.807) is 13.8 Å². The predicted octanol–water partition coefficient (Wildman–Crippen LogP) is 3.18. The first-order valence-electron chi connectivity index (χ1n) is 9.07. The van der Waals surface area contributed by atoms with E-state index in [-0.39, 0.29) is 19.3 Å². The summed E-state index contributed by atoms with van der Waals surface area (Å²) in [4.78, 5) is 24.5. The normalized spacial score (nSPS) is 13.6. The van der Waals surface area contributed by atoms with Gasteiger partial charge >= 0.3 is 11.9 Å². The van der Waals surface area contributed by atoms with Crippen molar-refractivity contribution >= 4 is 23.7 Å². The molecule has 0 saturated heterocycles. The third-order valence-electron chi connectivity index (χ3n) is 4.11. The fourth-order valence-electron chi connectivity index (χ4n) is 2.65. The molecule has 2 aromatic rings. The Morgan fingerprint density at radius 3 is 2.22 bits per heavy atom. The van der Waals surface area contributed by atoms with Gasteiger partial charge in [-0.15, -0.1) is 10.2 Å². The zero-order chi connectivity index (χ0) is 19.4. The van der Waals surface area contributed by atoms with Gasteiger partial charge in [-0.1, -0.05) is 41.6 Å². The summed E-state index contributed by atoms with van der Waals surface area (Å²) in [6, 6.07) is 8.33. The second-order valence-electron chi connectivity index (χ2n) is 6.28. The molecule has 0 bridgehead atoms. The Balaban J connectivity index is 1.92. The molecular formula is C19H23N3O4S. The summed E-state index contributed by atoms with van der Waals surface area (Å²) in [5.41, 5.74) is 2.12. The van der Waals surface area contributed by atoms with Gasteiger partial charge in [0.05, 0.1) is 13.2 Å². The highest BCUT2D eigenvalue weighted by Gasteiger charge is 2.36. The van der Waals surface area contributed by atoms with Crippen LogP contribution in [0.1, 0.15) is 38.3 Å². The Bertz CT molecular complexity index is 797. The van der Waals surface area contributed by atoms with Gasteiger partial charge in [0.1, 0.15) is 0 Å². The second kappa shape index (κ2) is 8.56. The van der Waals surface area contributed by atoms with Crippen molar-refractivity contribution in [1.29, 1.82) is 0 Å². The van der Waals surface area contributed by atoms with Gasteiger partial charge in [-0.3, -0.25) is 14.2 Å². The van der Waals surface area contributed by atoms with Crippen molar-refractivity contribution in [1.82, 2.24) is 14.8 Å². The van der Waals surface area contributed by atoms with Gasteiger partial charge < -0.3 is 9.47 Å². The number of carbonyl (C=O) groups is 2. The maximum Gasteiger partial charge on any atom is 0.331 e. The Labute approximate surface area is 162 Å². The number of aromatic nitrogens is 3. The lowest BCUT2D eigenvalue weighted by atomic mass is 10.1. The van der Waals surface area contributed by atoms with Gasteiger partial charge in [0.2, 0.25) is 5.25 Å². The number of aryl methyl sites for hydroxylation is 1. The highest BCUT2D eigenvalue weighted by atomic mass is 32.2. The van der Waals surface area contributed by atoms with Gasteiger partial charge in [-0.2, -0.15) is 0 Å². The van der Waals surface area contributed by atoms with Crippen molar-refractivity contribution in [2.75, 3.05) is 13.2 Å². The summed E-state index contributed by atoms with van der Waals surface area (Å²) in [5.74, 6) is -0.502. The molecule has 1 saturated carbocycles. The zero-order valence-corrected chi connectivity index (χ0v) is 16.5. The van der Waals surface area contributed by atoms with Crippen LogP contribution in [0.4, 0.5) is 0 Å². The first-order valence-corrected chi connectivity index (χ1v) is 9.95. The summed E-state index contributed by atoms with van der Waals surface area (Å²) in [7, 11) is 0. The molecule has 1 fully saturated rings. The minimum absolute atomic E-state index is 0.194. The molecule has 0 aliphatic heterocycles. The van der Waals surface area contributed by atoms with Gasteiger partial charge in [0.15, 0.2) is 11.0 Å². The number of esters is 2. The minimum Gasteiger partial charge on any atom is -0.465 e. The molecule has 1 aliphatic carbocycles. The van der Waals surface area contributed by atoms with Crippen LogP contribution >= 0.6 is 11.8 Å². The largest absolute Gasteiger partial charge is 0.465 e. The highest BCUT2D eigenvalue weighted by molar-refractivity contribution is 8.01. The maximum absolute atomic E-state index is 12.3. The Kier molecular flexibility index (Phi) is 6.15. The van der Waals surface area contributed by atoms with E-state index in [0.717, 1.165) is 41.6 Å². The molecule has 0 amide bonds. The predicted molar refractivity (Wildman–Crippen MR) is 101 cm³/mol. The van der Waals surface area contributed by atoms with E-state index in [1.165, 1.54) is 0 Å². The Morgan fingerprint density at radius 1 is 1.11 bits per heavy atom. The van der Waals surface area contributed by atoms with Crippen molar-refractivity contribution in [3.63, 3.8) is 0 Å². The van der Waals surface area contributed by atoms with Crippen molar-refractivity contribution in [2.24, 2.45) is 0 Å². The standard InChI is InChI=1S/C19H23N3O4S/c1-4-25-17(23)15(18(24)26-5-2)27-19-21-20-16(22(19)14-10-11-14)13-8-6-12(3)7-9-13/h6-9,14-15H,4-5,10-11H2,1-3H3. The molecule has 0 radical (unpaired) electrons. The molecule has 3 rings (SSSR count). The van der Waals surface area contributed by atoms with E-state index in [2.05, 4.69) is 10.2 Å². The number of nitrogens with zero attached hydrogens (tertiary/aromatic N) is 3. The van der Waals surface area contributed by atoms with Crippen molar-refractivity contribution in [3.05, 3.63) is 29.8 Å². The number of thioether (sulfide) groups is 1. The molecule has 0 unspecified atom stereocenters. The topological polar surface area (TPSA) is 83.3 Å². The van der Waals surface area contributed by atoms with Crippen LogP contribution in [0.25, 0.3) is 11.4 Å². The number of rotatable bonds is 8. The van der Waals surface area contributed by atoms with Gasteiger partial charge in [-0.05, 0) is 33.6 Å². The number of benzene rings is 1. The SMILES string of the molecule is CCOC(=O)C(Sc1nnc(-c2ccc(C)cc2)n1C1CC1)C(=O)OCC. The smallest absolute Gasteiger partial charge is 0.331 e. The van der Waals surface area contributed by atoms with Crippen LogP contribution in [0.2, 0.25) is 0 Å². The summed E-state index contributed by atoms with van der Waals surface area (Å²) in [5, 5.41) is 8.00. The van der Waals surface area contributed by atoms with Gasteiger partial charge in [-0.25, -0.2) is 0 Å². The molecule has 0 atom stereocenters. The summed E-state index contributed by atoms with van der Waals surface area (Å²) in [6.07, 6.45) is 2.04. The molecule has 1 aromatic heterocycles. The fraction of sp³-hybridized carbons (Fsp3) is 0.474. The average Bonchev–Trinajstić information content (AvgIpc) is 3.40. The Hall–Kier alpha value is -2.35. The molecular weight excluding hydrogens is 366 g/mol. The fourth-order valence-corrected chi connectivity index (χ4v) is 3.63. The van der Waals surface area contributed by atoms with E-state index in [9.17, 15) is 9.59 Å². The zero-order valence-electron chi connectivity index (χ0n) is 15.7. The molecule has 7 nitrogen and oxygen atoms in total. The van der Waals surface area contributed by atoms with Crippen molar-refractivity contribution < 1.29 is 19.1 Å². The van der Waals surface area contributed by atoms with Crippen molar-refractivity contribution in [2.45, 2.75) is 50.1 Å². The van der Waals surface area contributed by atoms with Crippen molar-refractivity contribution in [3.8, 4) is 11.4 Å². The molecule has 1 aromatic carbocycles. The van der Waals surface area contributed by atoms with E-state index in [1.807, 2.05) is 35.8 Å². The van der Waals surface area contributed by atoms with E-state index in [0.29, 0.717) is 5.16 Å². The average molecular weight is 389 g/mol.